The summed E-state index contributed by atoms with van der Waals surface area (Å²) in [6.07, 6.45) is 8.07. The molecule has 0 aliphatic carbocycles. The highest BCUT2D eigenvalue weighted by atomic mass is 15.2. The van der Waals surface area contributed by atoms with Gasteiger partial charge in [0.15, 0.2) is 0 Å². The molecule has 0 spiro atoms. The van der Waals surface area contributed by atoms with Crippen LogP contribution in [0.2, 0.25) is 0 Å². The molecule has 1 unspecified atom stereocenters. The van der Waals surface area contributed by atoms with Crippen LogP contribution in [-0.4, -0.2) is 30.1 Å². The minimum absolute atomic E-state index is 0.438. The predicted molar refractivity (Wildman–Crippen MR) is 62.4 cm³/mol. The van der Waals surface area contributed by atoms with Crippen LogP contribution in [0.1, 0.15) is 52.4 Å². The molecule has 2 nitrogen and oxygen atoms in total. The van der Waals surface area contributed by atoms with Crippen molar-refractivity contribution >= 4 is 0 Å². The Balaban J connectivity index is 2.06. The Labute approximate surface area is 88.8 Å². The van der Waals surface area contributed by atoms with Crippen molar-refractivity contribution in [2.45, 2.75) is 64.5 Å². The van der Waals surface area contributed by atoms with E-state index in [9.17, 15) is 0 Å². The second-order valence-corrected chi connectivity index (χ2v) is 4.74. The third-order valence-electron chi connectivity index (χ3n) is 3.35. The molecule has 1 saturated heterocycles. The maximum absolute atomic E-state index is 5.90. The number of unbranched alkanes of at least 4 members (excludes halogenated alkanes) is 3. The molecule has 0 aromatic heterocycles. The second kappa shape index (κ2) is 6.41. The standard InChI is InChI=1S/C12H26N2/c1-3-4-5-6-7-11(2)14-9-8-12(13)10-14/h11-12H,3-10,13H2,1-2H3/t11?,12-/m1/s1. The Hall–Kier alpha value is -0.0800. The lowest BCUT2D eigenvalue weighted by Crippen LogP contribution is -2.33. The average molecular weight is 198 g/mol. The molecule has 84 valence electrons. The van der Waals surface area contributed by atoms with Gasteiger partial charge in [0.1, 0.15) is 0 Å². The van der Waals surface area contributed by atoms with Crippen LogP contribution >= 0.6 is 0 Å². The van der Waals surface area contributed by atoms with Gasteiger partial charge in [0.25, 0.3) is 0 Å². The monoisotopic (exact) mass is 198 g/mol. The van der Waals surface area contributed by atoms with Crippen LogP contribution in [-0.2, 0) is 0 Å². The average Bonchev–Trinajstić information content (AvgIpc) is 2.59. The first-order chi connectivity index (χ1) is 6.74. The Kier molecular flexibility index (Phi) is 5.49. The van der Waals surface area contributed by atoms with Gasteiger partial charge in [-0.15, -0.1) is 0 Å². The normalized spacial score (nSPS) is 25.5. The van der Waals surface area contributed by atoms with Gasteiger partial charge in [0.2, 0.25) is 0 Å². The smallest absolute Gasteiger partial charge is 0.0180 e. The summed E-state index contributed by atoms with van der Waals surface area (Å²) in [6, 6.07) is 1.19. The van der Waals surface area contributed by atoms with Crippen LogP contribution in [0.4, 0.5) is 0 Å². The number of hydrogen-bond acceptors (Lipinski definition) is 2. The van der Waals surface area contributed by atoms with Crippen LogP contribution in [0, 0.1) is 0 Å². The van der Waals surface area contributed by atoms with E-state index in [1.807, 2.05) is 0 Å². The molecule has 0 radical (unpaired) electrons. The zero-order valence-electron chi connectivity index (χ0n) is 9.84. The van der Waals surface area contributed by atoms with Crippen molar-refractivity contribution in [1.82, 2.24) is 4.90 Å². The molecule has 0 saturated carbocycles. The van der Waals surface area contributed by atoms with Gasteiger partial charge in [0, 0.05) is 18.6 Å². The molecule has 0 aromatic rings. The maximum Gasteiger partial charge on any atom is 0.0180 e. The first-order valence-corrected chi connectivity index (χ1v) is 6.23. The van der Waals surface area contributed by atoms with E-state index < -0.39 is 0 Å². The molecule has 1 fully saturated rings. The number of nitrogens with zero attached hydrogens (tertiary/aromatic N) is 1. The van der Waals surface area contributed by atoms with Gasteiger partial charge < -0.3 is 5.73 Å². The Morgan fingerprint density at radius 2 is 2.14 bits per heavy atom. The van der Waals surface area contributed by atoms with Crippen molar-refractivity contribution in [3.63, 3.8) is 0 Å². The van der Waals surface area contributed by atoms with Crippen LogP contribution in [0.15, 0.2) is 0 Å². The van der Waals surface area contributed by atoms with Gasteiger partial charge >= 0.3 is 0 Å². The van der Waals surface area contributed by atoms with Crippen molar-refractivity contribution in [3.8, 4) is 0 Å². The SMILES string of the molecule is CCCCCCC(C)N1CC[C@@H](N)C1. The topological polar surface area (TPSA) is 29.3 Å². The largest absolute Gasteiger partial charge is 0.326 e. The molecule has 14 heavy (non-hydrogen) atoms. The summed E-state index contributed by atoms with van der Waals surface area (Å²) in [5.74, 6) is 0. The number of hydrogen-bond donors (Lipinski definition) is 1. The Bertz CT molecular complexity index is 147. The van der Waals surface area contributed by atoms with Gasteiger partial charge in [-0.25, -0.2) is 0 Å². The van der Waals surface area contributed by atoms with Gasteiger partial charge in [-0.3, -0.25) is 4.90 Å². The lowest BCUT2D eigenvalue weighted by molar-refractivity contribution is 0.239. The van der Waals surface area contributed by atoms with E-state index in [0.717, 1.165) is 12.6 Å². The molecule has 2 heteroatoms. The molecule has 0 bridgehead atoms. The highest BCUT2D eigenvalue weighted by Crippen LogP contribution is 2.15. The quantitative estimate of drug-likeness (QED) is 0.664. The van der Waals surface area contributed by atoms with Crippen molar-refractivity contribution in [3.05, 3.63) is 0 Å². The second-order valence-electron chi connectivity index (χ2n) is 4.74. The van der Waals surface area contributed by atoms with Gasteiger partial charge in [0.05, 0.1) is 0 Å². The predicted octanol–water partition coefficient (Wildman–Crippen LogP) is 2.38. The van der Waals surface area contributed by atoms with E-state index in [-0.39, 0.29) is 0 Å². The van der Waals surface area contributed by atoms with Crippen LogP contribution in [0.25, 0.3) is 0 Å². The molecule has 1 rings (SSSR count). The fraction of sp³-hybridized carbons (Fsp3) is 1.00. The third-order valence-corrected chi connectivity index (χ3v) is 3.35. The molecule has 1 aliphatic rings. The van der Waals surface area contributed by atoms with E-state index >= 15 is 0 Å². The van der Waals surface area contributed by atoms with Gasteiger partial charge in [-0.1, -0.05) is 32.6 Å². The number of likely N-dealkylation sites (tertiary alicyclic amines) is 1. The van der Waals surface area contributed by atoms with E-state index in [1.165, 1.54) is 45.1 Å². The summed E-state index contributed by atoms with van der Waals surface area (Å²) in [7, 11) is 0. The fourth-order valence-electron chi connectivity index (χ4n) is 2.26. The minimum Gasteiger partial charge on any atom is -0.326 e. The molecule has 1 aliphatic heterocycles. The van der Waals surface area contributed by atoms with Crippen molar-refractivity contribution < 1.29 is 0 Å². The molecule has 0 aromatic carbocycles. The van der Waals surface area contributed by atoms with E-state index in [1.54, 1.807) is 0 Å². The maximum atomic E-state index is 5.90. The van der Waals surface area contributed by atoms with Crippen LogP contribution in [0.5, 0.6) is 0 Å². The van der Waals surface area contributed by atoms with Crippen molar-refractivity contribution in [2.75, 3.05) is 13.1 Å². The summed E-state index contributed by atoms with van der Waals surface area (Å²) >= 11 is 0. The van der Waals surface area contributed by atoms with Crippen molar-refractivity contribution in [1.29, 1.82) is 0 Å². The van der Waals surface area contributed by atoms with E-state index in [4.69, 9.17) is 5.73 Å². The summed E-state index contributed by atoms with van der Waals surface area (Å²) in [4.78, 5) is 2.55. The third kappa shape index (κ3) is 3.97. The van der Waals surface area contributed by atoms with E-state index in [2.05, 4.69) is 18.7 Å². The lowest BCUT2D eigenvalue weighted by Gasteiger charge is -2.23. The first-order valence-electron chi connectivity index (χ1n) is 6.23. The number of rotatable bonds is 6. The van der Waals surface area contributed by atoms with Gasteiger partial charge in [-0.05, 0) is 26.3 Å². The molecule has 1 heterocycles. The Morgan fingerprint density at radius 1 is 1.36 bits per heavy atom. The highest BCUT2D eigenvalue weighted by Gasteiger charge is 2.22. The van der Waals surface area contributed by atoms with Crippen LogP contribution in [0.3, 0.4) is 0 Å². The van der Waals surface area contributed by atoms with E-state index in [0.29, 0.717) is 6.04 Å². The molecular formula is C12H26N2. The minimum atomic E-state index is 0.438. The highest BCUT2D eigenvalue weighted by molar-refractivity contribution is 4.81. The zero-order valence-corrected chi connectivity index (χ0v) is 9.84. The van der Waals surface area contributed by atoms with Gasteiger partial charge in [-0.2, -0.15) is 0 Å². The summed E-state index contributed by atoms with van der Waals surface area (Å²) in [5.41, 5.74) is 5.90. The summed E-state index contributed by atoms with van der Waals surface area (Å²) in [6.45, 7) is 6.96. The first kappa shape index (κ1) is 12.0. The molecule has 2 atom stereocenters. The molecule has 0 amide bonds. The zero-order chi connectivity index (χ0) is 10.4. The fourth-order valence-corrected chi connectivity index (χ4v) is 2.26. The molecule has 2 N–H and O–H groups in total. The van der Waals surface area contributed by atoms with Crippen molar-refractivity contribution in [2.24, 2.45) is 5.73 Å². The summed E-state index contributed by atoms with van der Waals surface area (Å²) < 4.78 is 0. The lowest BCUT2D eigenvalue weighted by atomic mass is 10.1. The number of nitrogens with two attached hydrogens (primary N) is 1. The molecular weight excluding hydrogens is 172 g/mol. The van der Waals surface area contributed by atoms with Crippen LogP contribution < -0.4 is 5.73 Å². The Morgan fingerprint density at radius 3 is 2.71 bits per heavy atom. The summed E-state index contributed by atoms with van der Waals surface area (Å²) in [5, 5.41) is 0.